The first kappa shape index (κ1) is 22.4. The Morgan fingerprint density at radius 2 is 1.57 bits per heavy atom. The Morgan fingerprint density at radius 1 is 1.07 bits per heavy atom. The zero-order chi connectivity index (χ0) is 22.1. The molecule has 2 aromatic rings. The van der Waals surface area contributed by atoms with Crippen molar-refractivity contribution in [1.82, 2.24) is 10.8 Å². The molecule has 0 spiro atoms. The highest BCUT2D eigenvalue weighted by atomic mass is 19.1. The lowest BCUT2D eigenvalue weighted by Crippen LogP contribution is -2.64. The third kappa shape index (κ3) is 6.08. The number of nitrogen functional groups attached to an aromatic ring is 1. The van der Waals surface area contributed by atoms with Gasteiger partial charge >= 0.3 is 0 Å². The van der Waals surface area contributed by atoms with Gasteiger partial charge in [0.15, 0.2) is 0 Å². The molecule has 0 saturated carbocycles. The van der Waals surface area contributed by atoms with E-state index in [1.807, 2.05) is 0 Å². The molecule has 0 unspecified atom stereocenters. The molecule has 0 aliphatic heterocycles. The van der Waals surface area contributed by atoms with Gasteiger partial charge in [0.25, 0.3) is 11.8 Å². The molecule has 8 heteroatoms. The Bertz CT molecular complexity index is 1030. The highest BCUT2D eigenvalue weighted by molar-refractivity contribution is 5.98. The maximum Gasteiger partial charge on any atom is 0.267 e. The molecule has 0 aromatic heterocycles. The van der Waals surface area contributed by atoms with Crippen LogP contribution < -0.4 is 22.3 Å². The molecule has 154 valence electrons. The van der Waals surface area contributed by atoms with Gasteiger partial charge in [-0.25, -0.2) is 9.87 Å². The number of carbonyl (C=O) groups excluding carboxylic acids is 2. The number of alkyl halides is 1. The van der Waals surface area contributed by atoms with Crippen molar-refractivity contribution >= 4 is 17.5 Å². The number of amides is 2. The van der Waals surface area contributed by atoms with Gasteiger partial charge < -0.3 is 16.8 Å². The van der Waals surface area contributed by atoms with Crippen molar-refractivity contribution in [3.05, 3.63) is 65.2 Å². The average molecular weight is 408 g/mol. The summed E-state index contributed by atoms with van der Waals surface area (Å²) >= 11 is 0. The topological polar surface area (TPSA) is 130 Å². The lowest BCUT2D eigenvalue weighted by atomic mass is 9.94. The second-order valence-electron chi connectivity index (χ2n) is 6.72. The summed E-state index contributed by atoms with van der Waals surface area (Å²) in [5, 5.41) is 11.1. The van der Waals surface area contributed by atoms with Gasteiger partial charge in [0.1, 0.15) is 12.7 Å². The molecule has 0 saturated heterocycles. The Labute approximate surface area is 173 Å². The first-order valence-electron chi connectivity index (χ1n) is 8.84. The molecule has 2 rings (SSSR count). The lowest BCUT2D eigenvalue weighted by molar-refractivity contribution is -0.132. The van der Waals surface area contributed by atoms with Crippen molar-refractivity contribution in [1.29, 1.82) is 0 Å². The number of nitrogens with one attached hydrogen (secondary N) is 2. The third-order valence-electron chi connectivity index (χ3n) is 4.13. The van der Waals surface area contributed by atoms with Gasteiger partial charge in [-0.3, -0.25) is 14.8 Å². The fraction of sp³-hybridized carbons (Fsp3) is 0.182. The Morgan fingerprint density at radius 3 is 2.03 bits per heavy atom. The molecule has 7 N–H and O–H groups in total. The van der Waals surface area contributed by atoms with Crippen LogP contribution in [0.2, 0.25) is 0 Å². The van der Waals surface area contributed by atoms with E-state index in [0.29, 0.717) is 11.3 Å². The summed E-state index contributed by atoms with van der Waals surface area (Å²) in [7, 11) is 0. The minimum absolute atomic E-state index is 0.207. The second kappa shape index (κ2) is 10.1. The number of nitrogens with two attached hydrogens (primary N) is 2. The van der Waals surface area contributed by atoms with E-state index in [0.717, 1.165) is 5.56 Å². The highest BCUT2D eigenvalue weighted by Crippen LogP contribution is 2.10. The molecule has 0 radical (unpaired) electrons. The number of hydrogen-bond donors (Lipinski definition) is 5. The second-order valence-corrected chi connectivity index (χ2v) is 6.72. The van der Waals surface area contributed by atoms with Crippen molar-refractivity contribution in [3.8, 4) is 23.7 Å². The molecule has 30 heavy (non-hydrogen) atoms. The third-order valence-corrected chi connectivity index (χ3v) is 4.13. The maximum absolute atomic E-state index is 13.1. The van der Waals surface area contributed by atoms with Crippen molar-refractivity contribution in [2.24, 2.45) is 5.73 Å². The highest BCUT2D eigenvalue weighted by Gasteiger charge is 2.37. The number of carbonyl (C=O) groups is 2. The van der Waals surface area contributed by atoms with Crippen LogP contribution in [0.5, 0.6) is 0 Å². The van der Waals surface area contributed by atoms with Crippen LogP contribution in [0.3, 0.4) is 0 Å². The van der Waals surface area contributed by atoms with E-state index in [-0.39, 0.29) is 5.56 Å². The zero-order valence-corrected chi connectivity index (χ0v) is 16.2. The molecular formula is C22H21FN4O3. The van der Waals surface area contributed by atoms with Crippen molar-refractivity contribution in [3.63, 3.8) is 0 Å². The van der Waals surface area contributed by atoms with Crippen LogP contribution in [0.4, 0.5) is 10.1 Å². The molecule has 0 heterocycles. The Kier molecular flexibility index (Phi) is 7.54. The predicted octanol–water partition coefficient (Wildman–Crippen LogP) is 0.963. The minimum atomic E-state index is -1.70. The largest absolute Gasteiger partial charge is 0.399 e. The van der Waals surface area contributed by atoms with Gasteiger partial charge in [-0.1, -0.05) is 11.8 Å². The molecule has 0 fully saturated rings. The molecule has 0 bridgehead atoms. The van der Waals surface area contributed by atoms with Gasteiger partial charge in [0, 0.05) is 22.4 Å². The van der Waals surface area contributed by atoms with E-state index < -0.39 is 30.1 Å². The summed E-state index contributed by atoms with van der Waals surface area (Å²) in [6.07, 6.45) is 0. The smallest absolute Gasteiger partial charge is 0.267 e. The number of rotatable bonds is 5. The van der Waals surface area contributed by atoms with Crippen LogP contribution in [0.1, 0.15) is 28.4 Å². The minimum Gasteiger partial charge on any atom is -0.399 e. The summed E-state index contributed by atoms with van der Waals surface area (Å²) in [5.74, 6) is 9.50. The number of anilines is 1. The van der Waals surface area contributed by atoms with Gasteiger partial charge in [-0.15, -0.1) is 0 Å². The predicted molar refractivity (Wildman–Crippen MR) is 111 cm³/mol. The van der Waals surface area contributed by atoms with Crippen molar-refractivity contribution < 1.29 is 19.2 Å². The van der Waals surface area contributed by atoms with Crippen LogP contribution in [-0.2, 0) is 4.79 Å². The fourth-order valence-electron chi connectivity index (χ4n) is 2.36. The quantitative estimate of drug-likeness (QED) is 0.218. The SMILES string of the molecule is C[C@](N)(CF)[C@H](NC(=O)c1ccc(C#CC#Cc2ccc(N)cc2)cc1)C(=O)NO. The molecule has 7 nitrogen and oxygen atoms in total. The molecule has 2 amide bonds. The Balaban J connectivity index is 2.07. The van der Waals surface area contributed by atoms with Gasteiger partial charge in [-0.05, 0) is 67.3 Å². The van der Waals surface area contributed by atoms with Crippen LogP contribution in [0.15, 0.2) is 48.5 Å². The van der Waals surface area contributed by atoms with Crippen LogP contribution in [0, 0.1) is 23.7 Å². The van der Waals surface area contributed by atoms with Crippen LogP contribution >= 0.6 is 0 Å². The summed E-state index contributed by atoms with van der Waals surface area (Å²) in [6, 6.07) is 11.8. The first-order chi connectivity index (χ1) is 14.3. The molecule has 2 aromatic carbocycles. The van der Waals surface area contributed by atoms with Gasteiger partial charge in [0.2, 0.25) is 0 Å². The van der Waals surface area contributed by atoms with Gasteiger partial charge in [-0.2, -0.15) is 0 Å². The average Bonchev–Trinajstić information content (AvgIpc) is 2.75. The summed E-state index contributed by atoms with van der Waals surface area (Å²) in [6.45, 7) is 0.161. The first-order valence-corrected chi connectivity index (χ1v) is 8.84. The Hall–Kier alpha value is -3.85. The molecule has 0 aliphatic rings. The molecule has 2 atom stereocenters. The fourth-order valence-corrected chi connectivity index (χ4v) is 2.36. The van der Waals surface area contributed by atoms with Gasteiger partial charge in [0.05, 0.1) is 5.54 Å². The van der Waals surface area contributed by atoms with E-state index in [4.69, 9.17) is 16.7 Å². The normalized spacial score (nSPS) is 12.8. The number of hydrogen-bond acceptors (Lipinski definition) is 5. The van der Waals surface area contributed by atoms with Crippen LogP contribution in [0.25, 0.3) is 0 Å². The molecule has 0 aliphatic carbocycles. The van der Waals surface area contributed by atoms with E-state index in [1.165, 1.54) is 24.5 Å². The monoisotopic (exact) mass is 408 g/mol. The maximum atomic E-state index is 13.1. The molecular weight excluding hydrogens is 387 g/mol. The number of halogens is 1. The lowest BCUT2D eigenvalue weighted by Gasteiger charge is -2.30. The van der Waals surface area contributed by atoms with Crippen molar-refractivity contribution in [2.45, 2.75) is 18.5 Å². The van der Waals surface area contributed by atoms with E-state index in [2.05, 4.69) is 29.0 Å². The number of hydroxylamine groups is 1. The van der Waals surface area contributed by atoms with E-state index >= 15 is 0 Å². The summed E-state index contributed by atoms with van der Waals surface area (Å²) in [5.41, 5.74) is 13.3. The van der Waals surface area contributed by atoms with Crippen LogP contribution in [-0.4, -0.2) is 35.3 Å². The summed E-state index contributed by atoms with van der Waals surface area (Å²) < 4.78 is 13.1. The standard InChI is InChI=1S/C22H21FN4O3/c1-22(25,14-23)19(21(29)27-30)26-20(28)17-10-6-15(7-11-17)4-2-3-5-16-8-12-18(24)13-9-16/h6-13,19,30H,14,24-25H2,1H3,(H,26,28)(H,27,29)/t19-,22+/m1/s1. The zero-order valence-electron chi connectivity index (χ0n) is 16.2. The van der Waals surface area contributed by atoms with Crippen molar-refractivity contribution in [2.75, 3.05) is 12.4 Å². The van der Waals surface area contributed by atoms with E-state index in [9.17, 15) is 14.0 Å². The summed E-state index contributed by atoms with van der Waals surface area (Å²) in [4.78, 5) is 24.1. The number of benzene rings is 2. The van der Waals surface area contributed by atoms with E-state index in [1.54, 1.807) is 36.4 Å².